The number of fused-ring (bicyclic) bond motifs is 1. The molecule has 0 aliphatic rings. The van der Waals surface area contributed by atoms with Gasteiger partial charge in [-0.15, -0.1) is 0 Å². The summed E-state index contributed by atoms with van der Waals surface area (Å²) < 4.78 is 6.11. The SMILES string of the molecule is CCOC(=O)c1ncnc(Cc2ccc3cc(Br)ccc3c2)c1C. The van der Waals surface area contributed by atoms with E-state index in [1.807, 2.05) is 13.0 Å². The molecule has 5 heteroatoms. The number of rotatable bonds is 4. The van der Waals surface area contributed by atoms with E-state index >= 15 is 0 Å². The maximum absolute atomic E-state index is 12.0. The van der Waals surface area contributed by atoms with Crippen LogP contribution >= 0.6 is 15.9 Å². The van der Waals surface area contributed by atoms with Gasteiger partial charge >= 0.3 is 5.97 Å². The number of carbonyl (C=O) groups excluding carboxylic acids is 1. The van der Waals surface area contributed by atoms with Gasteiger partial charge in [0.05, 0.1) is 12.3 Å². The van der Waals surface area contributed by atoms with Gasteiger partial charge in [-0.25, -0.2) is 14.8 Å². The lowest BCUT2D eigenvalue weighted by molar-refractivity contribution is 0.0518. The summed E-state index contributed by atoms with van der Waals surface area (Å²) in [5, 5.41) is 2.35. The van der Waals surface area contributed by atoms with E-state index in [1.54, 1.807) is 6.92 Å². The van der Waals surface area contributed by atoms with E-state index in [9.17, 15) is 4.79 Å². The van der Waals surface area contributed by atoms with Crippen molar-refractivity contribution in [2.45, 2.75) is 20.3 Å². The second kappa shape index (κ2) is 7.09. The first-order valence-corrected chi connectivity index (χ1v) is 8.53. The van der Waals surface area contributed by atoms with Crippen LogP contribution in [0.15, 0.2) is 47.2 Å². The van der Waals surface area contributed by atoms with Crippen molar-refractivity contribution in [2.24, 2.45) is 0 Å². The van der Waals surface area contributed by atoms with Crippen molar-refractivity contribution in [2.75, 3.05) is 6.61 Å². The van der Waals surface area contributed by atoms with Crippen LogP contribution in [0, 0.1) is 6.92 Å². The average molecular weight is 385 g/mol. The monoisotopic (exact) mass is 384 g/mol. The van der Waals surface area contributed by atoms with Gasteiger partial charge in [0.1, 0.15) is 6.33 Å². The molecule has 0 N–H and O–H groups in total. The summed E-state index contributed by atoms with van der Waals surface area (Å²) in [6.45, 7) is 3.97. The number of benzene rings is 2. The third kappa shape index (κ3) is 3.46. The molecule has 0 unspecified atom stereocenters. The normalized spacial score (nSPS) is 10.8. The fraction of sp³-hybridized carbons (Fsp3) is 0.211. The van der Waals surface area contributed by atoms with E-state index in [2.05, 4.69) is 56.2 Å². The zero-order chi connectivity index (χ0) is 17.1. The molecule has 122 valence electrons. The van der Waals surface area contributed by atoms with Crippen LogP contribution in [-0.4, -0.2) is 22.5 Å². The van der Waals surface area contributed by atoms with Crippen molar-refractivity contribution in [1.29, 1.82) is 0 Å². The molecule has 0 fully saturated rings. The average Bonchev–Trinajstić information content (AvgIpc) is 2.57. The van der Waals surface area contributed by atoms with Crippen molar-refractivity contribution < 1.29 is 9.53 Å². The first kappa shape index (κ1) is 16.6. The topological polar surface area (TPSA) is 52.1 Å². The van der Waals surface area contributed by atoms with E-state index in [1.165, 1.54) is 17.1 Å². The highest BCUT2D eigenvalue weighted by molar-refractivity contribution is 9.10. The Morgan fingerprint density at radius 2 is 1.88 bits per heavy atom. The number of nitrogens with zero attached hydrogens (tertiary/aromatic N) is 2. The first-order valence-electron chi connectivity index (χ1n) is 7.74. The molecular formula is C19H17BrN2O2. The van der Waals surface area contributed by atoms with Crippen LogP contribution in [0.25, 0.3) is 10.8 Å². The molecular weight excluding hydrogens is 368 g/mol. The largest absolute Gasteiger partial charge is 0.461 e. The predicted molar refractivity (Wildman–Crippen MR) is 97.2 cm³/mol. The van der Waals surface area contributed by atoms with Crippen LogP contribution in [-0.2, 0) is 11.2 Å². The second-order valence-electron chi connectivity index (χ2n) is 5.52. The Hall–Kier alpha value is -2.27. The van der Waals surface area contributed by atoms with Gasteiger partial charge in [0.2, 0.25) is 0 Å². The van der Waals surface area contributed by atoms with E-state index in [0.717, 1.165) is 21.3 Å². The molecule has 0 atom stereocenters. The molecule has 1 aromatic heterocycles. The molecule has 0 radical (unpaired) electrons. The van der Waals surface area contributed by atoms with Crippen LogP contribution in [0.3, 0.4) is 0 Å². The summed E-state index contributed by atoms with van der Waals surface area (Å²) in [6, 6.07) is 12.5. The number of hydrogen-bond donors (Lipinski definition) is 0. The Bertz CT molecular complexity index is 909. The minimum atomic E-state index is -0.401. The Kier molecular flexibility index (Phi) is 4.90. The predicted octanol–water partition coefficient (Wildman–Crippen LogP) is 4.47. The quantitative estimate of drug-likeness (QED) is 0.622. The number of ether oxygens (including phenoxy) is 1. The van der Waals surface area contributed by atoms with Gasteiger partial charge < -0.3 is 4.74 Å². The highest BCUT2D eigenvalue weighted by Crippen LogP contribution is 2.22. The lowest BCUT2D eigenvalue weighted by atomic mass is 10.0. The number of aromatic nitrogens is 2. The first-order chi connectivity index (χ1) is 11.6. The molecule has 4 nitrogen and oxygen atoms in total. The number of halogens is 1. The van der Waals surface area contributed by atoms with Gasteiger partial charge in [0.15, 0.2) is 5.69 Å². The zero-order valence-corrected chi connectivity index (χ0v) is 15.1. The van der Waals surface area contributed by atoms with Gasteiger partial charge in [-0.2, -0.15) is 0 Å². The number of esters is 1. The maximum Gasteiger partial charge on any atom is 0.357 e. The molecule has 0 aliphatic carbocycles. The molecule has 1 heterocycles. The third-order valence-electron chi connectivity index (χ3n) is 3.90. The Balaban J connectivity index is 1.92. The minimum absolute atomic E-state index is 0.331. The van der Waals surface area contributed by atoms with Gasteiger partial charge in [0, 0.05) is 16.5 Å². The third-order valence-corrected chi connectivity index (χ3v) is 4.39. The summed E-state index contributed by atoms with van der Waals surface area (Å²) in [5.41, 5.74) is 3.09. The summed E-state index contributed by atoms with van der Waals surface area (Å²) >= 11 is 3.49. The summed E-state index contributed by atoms with van der Waals surface area (Å²) in [4.78, 5) is 20.4. The maximum atomic E-state index is 12.0. The van der Waals surface area contributed by atoms with Gasteiger partial charge in [-0.3, -0.25) is 0 Å². The van der Waals surface area contributed by atoms with Crippen LogP contribution in [0.5, 0.6) is 0 Å². The molecule has 0 saturated carbocycles. The number of carbonyl (C=O) groups is 1. The standard InChI is InChI=1S/C19H17BrN2O2/c1-3-24-19(23)18-12(2)17(21-11-22-18)9-13-4-5-15-10-16(20)7-6-14(15)8-13/h4-8,10-11H,3,9H2,1-2H3. The molecule has 24 heavy (non-hydrogen) atoms. The smallest absolute Gasteiger partial charge is 0.357 e. The molecule has 0 spiro atoms. The van der Waals surface area contributed by atoms with Gasteiger partial charge in [-0.1, -0.05) is 40.2 Å². The molecule has 0 aliphatic heterocycles. The molecule has 0 amide bonds. The second-order valence-corrected chi connectivity index (χ2v) is 6.43. The van der Waals surface area contributed by atoms with Crippen LogP contribution < -0.4 is 0 Å². The molecule has 0 saturated heterocycles. The van der Waals surface area contributed by atoms with E-state index in [4.69, 9.17) is 4.74 Å². The summed E-state index contributed by atoms with van der Waals surface area (Å²) in [6.07, 6.45) is 2.07. The van der Waals surface area contributed by atoms with E-state index in [-0.39, 0.29) is 0 Å². The molecule has 3 rings (SSSR count). The Labute approximate surface area is 149 Å². The van der Waals surface area contributed by atoms with Crippen molar-refractivity contribution in [1.82, 2.24) is 9.97 Å². The zero-order valence-electron chi connectivity index (χ0n) is 13.5. The molecule has 2 aromatic carbocycles. The lowest BCUT2D eigenvalue weighted by Gasteiger charge is -2.09. The fourth-order valence-electron chi connectivity index (χ4n) is 2.64. The fourth-order valence-corrected chi connectivity index (χ4v) is 3.02. The van der Waals surface area contributed by atoms with Crippen molar-refractivity contribution >= 4 is 32.7 Å². The Morgan fingerprint density at radius 3 is 2.67 bits per heavy atom. The van der Waals surface area contributed by atoms with E-state index < -0.39 is 5.97 Å². The molecule has 0 bridgehead atoms. The van der Waals surface area contributed by atoms with Crippen molar-refractivity contribution in [3.05, 3.63) is 69.7 Å². The highest BCUT2D eigenvalue weighted by atomic mass is 79.9. The summed E-state index contributed by atoms with van der Waals surface area (Å²) in [7, 11) is 0. The highest BCUT2D eigenvalue weighted by Gasteiger charge is 2.15. The van der Waals surface area contributed by atoms with Crippen molar-refractivity contribution in [3.63, 3.8) is 0 Å². The van der Waals surface area contributed by atoms with Gasteiger partial charge in [0.25, 0.3) is 0 Å². The van der Waals surface area contributed by atoms with Crippen LogP contribution in [0.2, 0.25) is 0 Å². The lowest BCUT2D eigenvalue weighted by Crippen LogP contribution is -2.12. The minimum Gasteiger partial charge on any atom is -0.461 e. The Morgan fingerprint density at radius 1 is 1.12 bits per heavy atom. The van der Waals surface area contributed by atoms with Crippen LogP contribution in [0.1, 0.15) is 34.2 Å². The summed E-state index contributed by atoms with van der Waals surface area (Å²) in [5.74, 6) is -0.401. The van der Waals surface area contributed by atoms with Crippen molar-refractivity contribution in [3.8, 4) is 0 Å². The van der Waals surface area contributed by atoms with Gasteiger partial charge in [-0.05, 0) is 42.3 Å². The number of hydrogen-bond acceptors (Lipinski definition) is 4. The molecule has 3 aromatic rings. The van der Waals surface area contributed by atoms with E-state index in [0.29, 0.717) is 18.7 Å². The van der Waals surface area contributed by atoms with Crippen LogP contribution in [0.4, 0.5) is 0 Å².